The lowest BCUT2D eigenvalue weighted by atomic mass is 10.0. The molecule has 0 amide bonds. The second kappa shape index (κ2) is 2.41. The summed E-state index contributed by atoms with van der Waals surface area (Å²) in [5.74, 6) is 0.444. The molecule has 0 aromatic heterocycles. The van der Waals surface area contributed by atoms with Gasteiger partial charge in [-0.2, -0.15) is 0 Å². The summed E-state index contributed by atoms with van der Waals surface area (Å²) in [6, 6.07) is 0. The van der Waals surface area contributed by atoms with Crippen molar-refractivity contribution in [2.45, 2.75) is 20.3 Å². The molecule has 0 bridgehead atoms. The van der Waals surface area contributed by atoms with E-state index in [9.17, 15) is 4.79 Å². The Labute approximate surface area is 61.4 Å². The van der Waals surface area contributed by atoms with E-state index in [-0.39, 0.29) is 11.7 Å². The average Bonchev–Trinajstić information content (AvgIpc) is 2.14. The Morgan fingerprint density at radius 3 is 2.60 bits per heavy atom. The third-order valence-corrected chi connectivity index (χ3v) is 1.85. The molecule has 1 aliphatic carbocycles. The molecule has 0 aromatic carbocycles. The van der Waals surface area contributed by atoms with Gasteiger partial charge in [0.25, 0.3) is 0 Å². The van der Waals surface area contributed by atoms with E-state index >= 15 is 0 Å². The quantitative estimate of drug-likeness (QED) is 0.539. The largest absolute Gasteiger partial charge is 0.294 e. The molecule has 0 N–H and O–H groups in total. The number of carbonyl (C=O) groups excluding carboxylic acids is 1. The molecule has 0 aromatic rings. The first-order valence-corrected chi connectivity index (χ1v) is 3.53. The summed E-state index contributed by atoms with van der Waals surface area (Å²) in [5.41, 5.74) is 1.74. The molecule has 1 unspecified atom stereocenters. The van der Waals surface area contributed by atoms with Crippen LogP contribution in [0.5, 0.6) is 0 Å². The Bertz CT molecular complexity index is 211. The van der Waals surface area contributed by atoms with Gasteiger partial charge in [0.2, 0.25) is 0 Å². The highest BCUT2D eigenvalue weighted by Gasteiger charge is 2.22. The van der Waals surface area contributed by atoms with Gasteiger partial charge in [-0.1, -0.05) is 19.6 Å². The monoisotopic (exact) mass is 136 g/mol. The van der Waals surface area contributed by atoms with E-state index in [1.165, 1.54) is 0 Å². The fourth-order valence-electron chi connectivity index (χ4n) is 1.15. The molecule has 0 fully saturated rings. The zero-order valence-corrected chi connectivity index (χ0v) is 6.48. The minimum Gasteiger partial charge on any atom is -0.294 e. The topological polar surface area (TPSA) is 17.1 Å². The number of hydrogen-bond acceptors (Lipinski definition) is 1. The van der Waals surface area contributed by atoms with Gasteiger partial charge >= 0.3 is 0 Å². The van der Waals surface area contributed by atoms with Crippen LogP contribution in [0.4, 0.5) is 0 Å². The van der Waals surface area contributed by atoms with E-state index in [1.807, 2.05) is 19.9 Å². The van der Waals surface area contributed by atoms with Gasteiger partial charge in [-0.25, -0.2) is 0 Å². The summed E-state index contributed by atoms with van der Waals surface area (Å²) in [6.45, 7) is 7.56. The van der Waals surface area contributed by atoms with Gasteiger partial charge in [0.15, 0.2) is 5.78 Å². The molecule has 1 atom stereocenters. The lowest BCUT2D eigenvalue weighted by molar-refractivity contribution is -0.117. The summed E-state index contributed by atoms with van der Waals surface area (Å²) >= 11 is 0. The molecule has 0 radical (unpaired) electrons. The number of Topliss-reactive ketones (excluding diaryl/α,β-unsaturated/α-hetero) is 1. The predicted molar refractivity (Wildman–Crippen MR) is 41.7 cm³/mol. The molecule has 0 heterocycles. The summed E-state index contributed by atoms with van der Waals surface area (Å²) in [7, 11) is 0. The van der Waals surface area contributed by atoms with Crippen LogP contribution in [0.25, 0.3) is 0 Å². The van der Waals surface area contributed by atoms with Crippen LogP contribution in [0.1, 0.15) is 20.3 Å². The van der Waals surface area contributed by atoms with Gasteiger partial charge in [0.05, 0.1) is 0 Å². The molecular formula is C9H12O. The predicted octanol–water partition coefficient (Wildman–Crippen LogP) is 2.10. The summed E-state index contributed by atoms with van der Waals surface area (Å²) in [4.78, 5) is 11.2. The Kier molecular flexibility index (Phi) is 1.75. The maximum atomic E-state index is 11.2. The first-order valence-electron chi connectivity index (χ1n) is 3.53. The highest BCUT2D eigenvalue weighted by molar-refractivity contribution is 6.02. The zero-order chi connectivity index (χ0) is 7.72. The van der Waals surface area contributed by atoms with Crippen molar-refractivity contribution in [1.82, 2.24) is 0 Å². The summed E-state index contributed by atoms with van der Waals surface area (Å²) in [5, 5.41) is 0. The number of rotatable bonds is 1. The molecule has 54 valence electrons. The minimum atomic E-state index is 0.187. The number of hydrogen-bond donors (Lipinski definition) is 0. The smallest absolute Gasteiger partial charge is 0.165 e. The van der Waals surface area contributed by atoms with Crippen LogP contribution in [-0.2, 0) is 4.79 Å². The Morgan fingerprint density at radius 1 is 1.80 bits per heavy atom. The fourth-order valence-corrected chi connectivity index (χ4v) is 1.15. The van der Waals surface area contributed by atoms with Crippen molar-refractivity contribution in [3.05, 3.63) is 23.8 Å². The lowest BCUT2D eigenvalue weighted by Crippen LogP contribution is -2.06. The third-order valence-electron chi connectivity index (χ3n) is 1.85. The lowest BCUT2D eigenvalue weighted by Gasteiger charge is -2.00. The van der Waals surface area contributed by atoms with E-state index in [2.05, 4.69) is 6.58 Å². The number of carbonyl (C=O) groups is 1. The summed E-state index contributed by atoms with van der Waals surface area (Å²) < 4.78 is 0. The molecule has 1 nitrogen and oxygen atoms in total. The van der Waals surface area contributed by atoms with Crippen LogP contribution in [0.2, 0.25) is 0 Å². The normalized spacial score (nSPS) is 24.8. The van der Waals surface area contributed by atoms with Gasteiger partial charge in [-0.15, -0.1) is 0 Å². The van der Waals surface area contributed by atoms with Gasteiger partial charge < -0.3 is 0 Å². The van der Waals surface area contributed by atoms with Crippen molar-refractivity contribution in [3.8, 4) is 0 Å². The average molecular weight is 136 g/mol. The molecule has 0 aliphatic heterocycles. The van der Waals surface area contributed by atoms with Crippen LogP contribution >= 0.6 is 0 Å². The fraction of sp³-hybridized carbons (Fsp3) is 0.444. The SMILES string of the molecule is C=C(C)C1=CCC(C)C1=O. The molecule has 0 saturated carbocycles. The van der Waals surface area contributed by atoms with Crippen molar-refractivity contribution in [2.24, 2.45) is 5.92 Å². The Hall–Kier alpha value is -0.850. The van der Waals surface area contributed by atoms with Gasteiger partial charge in [-0.3, -0.25) is 4.79 Å². The molecule has 1 aliphatic rings. The molecule has 1 heteroatoms. The third kappa shape index (κ3) is 1.04. The first-order chi connectivity index (χ1) is 4.63. The van der Waals surface area contributed by atoms with Crippen molar-refractivity contribution in [2.75, 3.05) is 0 Å². The van der Waals surface area contributed by atoms with Crippen LogP contribution in [0, 0.1) is 5.92 Å². The molecule has 1 rings (SSSR count). The van der Waals surface area contributed by atoms with E-state index in [0.29, 0.717) is 0 Å². The van der Waals surface area contributed by atoms with Crippen molar-refractivity contribution in [1.29, 1.82) is 0 Å². The second-order valence-corrected chi connectivity index (χ2v) is 2.90. The van der Waals surface area contributed by atoms with Gasteiger partial charge in [0, 0.05) is 11.5 Å². The highest BCUT2D eigenvalue weighted by atomic mass is 16.1. The van der Waals surface area contributed by atoms with Crippen LogP contribution in [0.15, 0.2) is 23.8 Å². The van der Waals surface area contributed by atoms with E-state index in [1.54, 1.807) is 0 Å². The standard InChI is InChI=1S/C9H12O/c1-6(2)8-5-4-7(3)9(8)10/h5,7H,1,4H2,2-3H3. The maximum absolute atomic E-state index is 11.2. The summed E-state index contributed by atoms with van der Waals surface area (Å²) in [6.07, 6.45) is 2.87. The molecule has 10 heavy (non-hydrogen) atoms. The van der Waals surface area contributed by atoms with Crippen molar-refractivity contribution in [3.63, 3.8) is 0 Å². The van der Waals surface area contributed by atoms with E-state index < -0.39 is 0 Å². The van der Waals surface area contributed by atoms with Crippen molar-refractivity contribution >= 4 is 5.78 Å². The molecular weight excluding hydrogens is 124 g/mol. The second-order valence-electron chi connectivity index (χ2n) is 2.90. The molecule has 0 saturated heterocycles. The highest BCUT2D eigenvalue weighted by Crippen LogP contribution is 2.24. The maximum Gasteiger partial charge on any atom is 0.165 e. The van der Waals surface area contributed by atoms with E-state index in [0.717, 1.165) is 17.6 Å². The van der Waals surface area contributed by atoms with Crippen LogP contribution < -0.4 is 0 Å². The van der Waals surface area contributed by atoms with Crippen molar-refractivity contribution < 1.29 is 4.79 Å². The molecule has 0 spiro atoms. The van der Waals surface area contributed by atoms with E-state index in [4.69, 9.17) is 0 Å². The number of ketones is 1. The van der Waals surface area contributed by atoms with Gasteiger partial charge in [-0.05, 0) is 18.9 Å². The minimum absolute atomic E-state index is 0.187. The first kappa shape index (κ1) is 7.26. The zero-order valence-electron chi connectivity index (χ0n) is 6.48. The van der Waals surface area contributed by atoms with Crippen LogP contribution in [0.3, 0.4) is 0 Å². The van der Waals surface area contributed by atoms with Gasteiger partial charge in [0.1, 0.15) is 0 Å². The number of allylic oxidation sites excluding steroid dienone is 3. The Morgan fingerprint density at radius 2 is 2.40 bits per heavy atom. The van der Waals surface area contributed by atoms with Crippen LogP contribution in [-0.4, -0.2) is 5.78 Å². The Balaban J connectivity index is 2.82.